The number of rotatable bonds is 4. The molecule has 0 aliphatic carbocycles. The molecule has 7 nitrogen and oxygen atoms in total. The van der Waals surface area contributed by atoms with Crippen LogP contribution in [0, 0.1) is 0 Å². The number of nitrogens with zero attached hydrogens (tertiary/aromatic N) is 4. The number of ether oxygens (including phenoxy) is 1. The second-order valence-corrected chi connectivity index (χ2v) is 9.47. The number of carbonyl (C=O) groups is 1. The molecular weight excluding hydrogens is 474 g/mol. The van der Waals surface area contributed by atoms with Crippen LogP contribution in [0.25, 0.3) is 27.6 Å². The van der Waals surface area contributed by atoms with E-state index in [2.05, 4.69) is 10.3 Å². The summed E-state index contributed by atoms with van der Waals surface area (Å²) < 4.78 is 7.76. The van der Waals surface area contributed by atoms with Gasteiger partial charge in [0.15, 0.2) is 5.82 Å². The van der Waals surface area contributed by atoms with Gasteiger partial charge in [-0.25, -0.2) is 4.98 Å². The molecule has 2 aromatic carbocycles. The molecule has 180 valence electrons. The Balaban J connectivity index is 1.44. The molecule has 6 rings (SSSR count). The van der Waals surface area contributed by atoms with Crippen molar-refractivity contribution in [1.29, 1.82) is 0 Å². The molecule has 8 heteroatoms. The third-order valence-corrected chi connectivity index (χ3v) is 6.81. The number of para-hydroxylation sites is 1. The van der Waals surface area contributed by atoms with Crippen molar-refractivity contribution in [3.63, 3.8) is 0 Å². The predicted octanol–water partition coefficient (Wildman–Crippen LogP) is 5.55. The second-order valence-electron chi connectivity index (χ2n) is 9.04. The van der Waals surface area contributed by atoms with E-state index in [1.165, 1.54) is 0 Å². The maximum atomic E-state index is 13.6. The summed E-state index contributed by atoms with van der Waals surface area (Å²) in [5, 5.41) is 5.75. The fraction of sp³-hybridized carbons (Fsp3) is 0.179. The van der Waals surface area contributed by atoms with Crippen molar-refractivity contribution >= 4 is 45.0 Å². The molecule has 5 aromatic rings. The summed E-state index contributed by atoms with van der Waals surface area (Å²) in [7, 11) is 3.87. The summed E-state index contributed by atoms with van der Waals surface area (Å²) in [4.78, 5) is 24.9. The number of benzene rings is 2. The third-order valence-electron chi connectivity index (χ3n) is 6.57. The number of amides is 1. The summed E-state index contributed by atoms with van der Waals surface area (Å²) in [6.07, 6.45) is 6.07. The molecule has 36 heavy (non-hydrogen) atoms. The summed E-state index contributed by atoms with van der Waals surface area (Å²) in [5.41, 5.74) is 3.98. The van der Waals surface area contributed by atoms with Gasteiger partial charge >= 0.3 is 0 Å². The summed E-state index contributed by atoms with van der Waals surface area (Å²) in [6.45, 7) is 0.559. The molecule has 0 bridgehead atoms. The number of nitrogens with one attached hydrogen (secondary N) is 1. The van der Waals surface area contributed by atoms with E-state index < -0.39 is 0 Å². The van der Waals surface area contributed by atoms with Crippen LogP contribution in [0.15, 0.2) is 73.2 Å². The van der Waals surface area contributed by atoms with Gasteiger partial charge < -0.3 is 15.0 Å². The monoisotopic (exact) mass is 497 g/mol. The normalized spacial score (nSPS) is 14.9. The number of halogens is 1. The van der Waals surface area contributed by atoms with Crippen LogP contribution >= 0.6 is 11.6 Å². The number of hydrogen-bond donors (Lipinski definition) is 1. The lowest BCUT2D eigenvalue weighted by atomic mass is 10.00. The fourth-order valence-corrected chi connectivity index (χ4v) is 5.13. The van der Waals surface area contributed by atoms with Gasteiger partial charge in [0.2, 0.25) is 0 Å². The molecule has 0 saturated carbocycles. The van der Waals surface area contributed by atoms with Crippen molar-refractivity contribution in [1.82, 2.24) is 19.9 Å². The van der Waals surface area contributed by atoms with E-state index in [1.54, 1.807) is 12.4 Å². The van der Waals surface area contributed by atoms with Crippen molar-refractivity contribution in [2.75, 3.05) is 25.6 Å². The summed E-state index contributed by atoms with van der Waals surface area (Å²) >= 11 is 6.18. The smallest absolute Gasteiger partial charge is 0.255 e. The van der Waals surface area contributed by atoms with Gasteiger partial charge in [-0.15, -0.1) is 0 Å². The van der Waals surface area contributed by atoms with Crippen LogP contribution in [0.3, 0.4) is 0 Å². The first-order valence-electron chi connectivity index (χ1n) is 11.8. The Hall–Kier alpha value is -4.10. The molecule has 0 spiro atoms. The Bertz CT molecular complexity index is 1630. The predicted molar refractivity (Wildman–Crippen MR) is 142 cm³/mol. The average Bonchev–Trinajstić information content (AvgIpc) is 3.30. The van der Waals surface area contributed by atoms with Crippen LogP contribution in [0.1, 0.15) is 28.4 Å². The van der Waals surface area contributed by atoms with E-state index in [0.717, 1.165) is 33.3 Å². The Morgan fingerprint density at radius 2 is 2.00 bits per heavy atom. The Kier molecular flexibility index (Phi) is 5.49. The fourth-order valence-electron chi connectivity index (χ4n) is 4.95. The standard InChI is InChI=1S/C28H24ClN5O2/c1-33(2)26-20-9-12-30-27(34-13-10-17-15-18(29)7-8-23(17)34)25(20)31-16-21(26)28(35)32-22-11-14-36-24-6-4-3-5-19(22)24/h3-10,12-13,15-16,22H,11,14H2,1-2H3,(H,32,35)/t22-/m0/s1. The van der Waals surface area contributed by atoms with Crippen molar-refractivity contribution in [3.8, 4) is 11.6 Å². The zero-order valence-electron chi connectivity index (χ0n) is 19.9. The maximum absolute atomic E-state index is 13.6. The van der Waals surface area contributed by atoms with Crippen molar-refractivity contribution < 1.29 is 9.53 Å². The van der Waals surface area contributed by atoms with Crippen LogP contribution in [0.4, 0.5) is 5.69 Å². The molecule has 1 amide bonds. The van der Waals surface area contributed by atoms with Crippen LogP contribution < -0.4 is 15.0 Å². The van der Waals surface area contributed by atoms with Crippen LogP contribution in [0.2, 0.25) is 5.02 Å². The minimum Gasteiger partial charge on any atom is -0.493 e. The van der Waals surface area contributed by atoms with Gasteiger partial charge in [0.25, 0.3) is 5.91 Å². The minimum absolute atomic E-state index is 0.126. The quantitative estimate of drug-likeness (QED) is 0.352. The van der Waals surface area contributed by atoms with Crippen molar-refractivity contribution in [2.24, 2.45) is 0 Å². The highest BCUT2D eigenvalue weighted by atomic mass is 35.5. The number of carbonyl (C=O) groups excluding carboxylic acids is 1. The molecule has 0 fully saturated rings. The van der Waals surface area contributed by atoms with Crippen LogP contribution in [-0.4, -0.2) is 41.1 Å². The first-order valence-corrected chi connectivity index (χ1v) is 12.1. The topological polar surface area (TPSA) is 72.3 Å². The van der Waals surface area contributed by atoms with E-state index in [-0.39, 0.29) is 11.9 Å². The van der Waals surface area contributed by atoms with Gasteiger partial charge in [-0.3, -0.25) is 14.3 Å². The molecule has 4 heterocycles. The van der Waals surface area contributed by atoms with Gasteiger partial charge in [-0.2, -0.15) is 0 Å². The first-order chi connectivity index (χ1) is 17.5. The molecule has 1 aliphatic heterocycles. The molecule has 3 aromatic heterocycles. The number of pyridine rings is 2. The summed E-state index contributed by atoms with van der Waals surface area (Å²) in [6, 6.07) is 17.4. The van der Waals surface area contributed by atoms with Gasteiger partial charge in [-0.1, -0.05) is 29.8 Å². The lowest BCUT2D eigenvalue weighted by molar-refractivity contribution is 0.0925. The molecular formula is C28H24ClN5O2. The van der Waals surface area contributed by atoms with Gasteiger partial charge in [0.05, 0.1) is 29.4 Å². The Morgan fingerprint density at radius 3 is 2.86 bits per heavy atom. The van der Waals surface area contributed by atoms with E-state index in [9.17, 15) is 4.79 Å². The molecule has 1 atom stereocenters. The van der Waals surface area contributed by atoms with Crippen LogP contribution in [-0.2, 0) is 0 Å². The van der Waals surface area contributed by atoms with Crippen molar-refractivity contribution in [2.45, 2.75) is 12.5 Å². The lowest BCUT2D eigenvalue weighted by Gasteiger charge is -2.27. The van der Waals surface area contributed by atoms with Crippen LogP contribution in [0.5, 0.6) is 5.75 Å². The zero-order chi connectivity index (χ0) is 24.8. The Morgan fingerprint density at radius 1 is 1.14 bits per heavy atom. The summed E-state index contributed by atoms with van der Waals surface area (Å²) in [5.74, 6) is 1.34. The maximum Gasteiger partial charge on any atom is 0.255 e. The van der Waals surface area contributed by atoms with Crippen molar-refractivity contribution in [3.05, 3.63) is 89.3 Å². The van der Waals surface area contributed by atoms with E-state index in [1.807, 2.05) is 84.4 Å². The number of aromatic nitrogens is 3. The molecule has 1 N–H and O–H groups in total. The largest absolute Gasteiger partial charge is 0.493 e. The number of fused-ring (bicyclic) bond motifs is 3. The lowest BCUT2D eigenvalue weighted by Crippen LogP contribution is -2.33. The molecule has 0 saturated heterocycles. The third kappa shape index (κ3) is 3.72. The number of anilines is 1. The SMILES string of the molecule is CN(C)c1c(C(=O)N[C@H]2CCOc3ccccc32)cnc2c(-n3ccc4cc(Cl)ccc43)nccc12. The van der Waals surface area contributed by atoms with E-state index in [0.29, 0.717) is 34.9 Å². The number of hydrogen-bond acceptors (Lipinski definition) is 5. The molecule has 1 aliphatic rings. The Labute approximate surface area is 213 Å². The van der Waals surface area contributed by atoms with E-state index >= 15 is 0 Å². The van der Waals surface area contributed by atoms with Gasteiger partial charge in [0, 0.05) is 60.5 Å². The highest BCUT2D eigenvalue weighted by Crippen LogP contribution is 2.35. The minimum atomic E-state index is -0.172. The zero-order valence-corrected chi connectivity index (χ0v) is 20.7. The highest BCUT2D eigenvalue weighted by molar-refractivity contribution is 6.31. The average molecular weight is 498 g/mol. The van der Waals surface area contributed by atoms with Gasteiger partial charge in [-0.05, 0) is 36.4 Å². The highest BCUT2D eigenvalue weighted by Gasteiger charge is 2.26. The first kappa shape index (κ1) is 22.4. The second kappa shape index (κ2) is 8.84. The molecule has 0 unspecified atom stereocenters. The van der Waals surface area contributed by atoms with Gasteiger partial charge in [0.1, 0.15) is 11.3 Å². The molecule has 0 radical (unpaired) electrons. The van der Waals surface area contributed by atoms with E-state index in [4.69, 9.17) is 21.3 Å².